The first-order valence-electron chi connectivity index (χ1n) is 7.14. The number of likely N-dealkylation sites (N-methyl/N-ethyl adjacent to an activating group) is 1. The van der Waals surface area contributed by atoms with E-state index in [2.05, 4.69) is 11.9 Å². The van der Waals surface area contributed by atoms with Crippen molar-refractivity contribution in [3.8, 4) is 0 Å². The van der Waals surface area contributed by atoms with Gasteiger partial charge < -0.3 is 4.90 Å². The zero-order chi connectivity index (χ0) is 15.6. The fraction of sp³-hybridized carbons (Fsp3) is 0.533. The fourth-order valence-corrected chi connectivity index (χ4v) is 3.16. The van der Waals surface area contributed by atoms with E-state index < -0.39 is 0 Å². The first-order valence-corrected chi connectivity index (χ1v) is 7.96. The number of carbonyl (C=O) groups is 1. The number of nitrogens with zero attached hydrogens (tertiary/aromatic N) is 3. The van der Waals surface area contributed by atoms with Gasteiger partial charge >= 0.3 is 0 Å². The molecule has 2 aromatic heterocycles. The molecule has 0 saturated carbocycles. The van der Waals surface area contributed by atoms with Crippen molar-refractivity contribution < 1.29 is 4.79 Å². The van der Waals surface area contributed by atoms with E-state index in [1.54, 1.807) is 11.9 Å². The largest absolute Gasteiger partial charge is 0.344 e. The molecule has 2 rings (SSSR count). The van der Waals surface area contributed by atoms with Crippen LogP contribution < -0.4 is 5.56 Å². The monoisotopic (exact) mass is 307 g/mol. The van der Waals surface area contributed by atoms with Crippen LogP contribution in [0.2, 0.25) is 0 Å². The molecule has 0 aliphatic rings. The Kier molecular flexibility index (Phi) is 4.77. The zero-order valence-corrected chi connectivity index (χ0v) is 13.8. The Balaban J connectivity index is 2.27. The van der Waals surface area contributed by atoms with E-state index in [0.717, 1.165) is 34.7 Å². The molecule has 0 aliphatic heterocycles. The standard InChI is InChI=1S/C15H21N3O2S/c1-5-6-7-17(4)12(19)8-18-9-16-14-13(15(18)20)10(2)11(3)21-14/h9H,5-8H2,1-4H3. The van der Waals surface area contributed by atoms with E-state index in [1.807, 2.05) is 13.8 Å². The summed E-state index contributed by atoms with van der Waals surface area (Å²) in [5, 5.41) is 0.643. The van der Waals surface area contributed by atoms with Crippen LogP contribution in [0.3, 0.4) is 0 Å². The summed E-state index contributed by atoms with van der Waals surface area (Å²) >= 11 is 1.52. The van der Waals surface area contributed by atoms with Crippen LogP contribution in [0.1, 0.15) is 30.2 Å². The summed E-state index contributed by atoms with van der Waals surface area (Å²) in [6, 6.07) is 0. The first kappa shape index (κ1) is 15.7. The summed E-state index contributed by atoms with van der Waals surface area (Å²) in [5.41, 5.74) is 0.840. The van der Waals surface area contributed by atoms with Crippen LogP contribution in [-0.4, -0.2) is 34.0 Å². The van der Waals surface area contributed by atoms with E-state index in [-0.39, 0.29) is 18.0 Å². The van der Waals surface area contributed by atoms with Gasteiger partial charge in [-0.15, -0.1) is 11.3 Å². The first-order chi connectivity index (χ1) is 9.95. The Bertz CT molecular complexity index is 718. The van der Waals surface area contributed by atoms with E-state index in [1.165, 1.54) is 22.2 Å². The highest BCUT2D eigenvalue weighted by atomic mass is 32.1. The number of amides is 1. The summed E-state index contributed by atoms with van der Waals surface area (Å²) in [4.78, 5) is 32.5. The summed E-state index contributed by atoms with van der Waals surface area (Å²) in [7, 11) is 1.77. The highest BCUT2D eigenvalue weighted by Crippen LogP contribution is 2.25. The molecule has 5 nitrogen and oxygen atoms in total. The molecule has 2 heterocycles. The Morgan fingerprint density at radius 3 is 2.81 bits per heavy atom. The Hall–Kier alpha value is -1.69. The van der Waals surface area contributed by atoms with E-state index in [9.17, 15) is 9.59 Å². The van der Waals surface area contributed by atoms with Gasteiger partial charge in [-0.2, -0.15) is 0 Å². The molecule has 0 aromatic carbocycles. The molecule has 0 N–H and O–H groups in total. The van der Waals surface area contributed by atoms with Crippen LogP contribution in [-0.2, 0) is 11.3 Å². The predicted octanol–water partition coefficient (Wildman–Crippen LogP) is 2.33. The Labute approximate surface area is 128 Å². The third kappa shape index (κ3) is 3.15. The maximum Gasteiger partial charge on any atom is 0.262 e. The number of aromatic nitrogens is 2. The van der Waals surface area contributed by atoms with Gasteiger partial charge in [0.15, 0.2) is 0 Å². The van der Waals surface area contributed by atoms with Gasteiger partial charge in [0, 0.05) is 18.5 Å². The minimum atomic E-state index is -0.126. The maximum absolute atomic E-state index is 12.5. The van der Waals surface area contributed by atoms with Gasteiger partial charge in [0.1, 0.15) is 11.4 Å². The average Bonchev–Trinajstić information content (AvgIpc) is 2.75. The number of fused-ring (bicyclic) bond motifs is 1. The normalized spacial score (nSPS) is 11.0. The Morgan fingerprint density at radius 1 is 1.43 bits per heavy atom. The van der Waals surface area contributed by atoms with Crippen molar-refractivity contribution in [1.29, 1.82) is 0 Å². The molecule has 21 heavy (non-hydrogen) atoms. The van der Waals surface area contributed by atoms with Crippen molar-refractivity contribution in [3.63, 3.8) is 0 Å². The van der Waals surface area contributed by atoms with Crippen molar-refractivity contribution in [2.24, 2.45) is 0 Å². The minimum Gasteiger partial charge on any atom is -0.344 e. The quantitative estimate of drug-likeness (QED) is 0.852. The molecule has 0 aliphatic carbocycles. The number of rotatable bonds is 5. The topological polar surface area (TPSA) is 55.2 Å². The molecule has 2 aromatic rings. The van der Waals surface area contributed by atoms with Crippen LogP contribution in [0.25, 0.3) is 10.2 Å². The molecule has 0 fully saturated rings. The second-order valence-electron chi connectivity index (χ2n) is 5.31. The van der Waals surface area contributed by atoms with Crippen molar-refractivity contribution in [2.75, 3.05) is 13.6 Å². The molecule has 114 valence electrons. The SMILES string of the molecule is CCCCN(C)C(=O)Cn1cnc2sc(C)c(C)c2c1=O. The fourth-order valence-electron chi connectivity index (χ4n) is 2.17. The smallest absolute Gasteiger partial charge is 0.262 e. The lowest BCUT2D eigenvalue weighted by Gasteiger charge is -2.17. The number of carbonyl (C=O) groups excluding carboxylic acids is 1. The van der Waals surface area contributed by atoms with E-state index >= 15 is 0 Å². The molecule has 6 heteroatoms. The lowest BCUT2D eigenvalue weighted by Crippen LogP contribution is -2.34. The highest BCUT2D eigenvalue weighted by molar-refractivity contribution is 7.18. The maximum atomic E-state index is 12.5. The Morgan fingerprint density at radius 2 is 2.14 bits per heavy atom. The van der Waals surface area contributed by atoms with Crippen molar-refractivity contribution in [2.45, 2.75) is 40.2 Å². The number of unbranched alkanes of at least 4 members (excludes halogenated alkanes) is 1. The summed E-state index contributed by atoms with van der Waals surface area (Å²) in [6.45, 7) is 6.76. The number of aryl methyl sites for hydroxylation is 2. The zero-order valence-electron chi connectivity index (χ0n) is 13.0. The molecular formula is C15H21N3O2S. The number of hydrogen-bond acceptors (Lipinski definition) is 4. The number of thiophene rings is 1. The molecule has 0 unspecified atom stereocenters. The van der Waals surface area contributed by atoms with Gasteiger partial charge in [-0.25, -0.2) is 4.98 Å². The molecule has 0 radical (unpaired) electrons. The average molecular weight is 307 g/mol. The van der Waals surface area contributed by atoms with Gasteiger partial charge in [0.2, 0.25) is 5.91 Å². The molecular weight excluding hydrogens is 286 g/mol. The van der Waals surface area contributed by atoms with E-state index in [0.29, 0.717) is 5.39 Å². The predicted molar refractivity (Wildman–Crippen MR) is 85.9 cm³/mol. The molecule has 0 spiro atoms. The third-order valence-electron chi connectivity index (χ3n) is 3.73. The lowest BCUT2D eigenvalue weighted by atomic mass is 10.2. The summed E-state index contributed by atoms with van der Waals surface area (Å²) < 4.78 is 1.41. The van der Waals surface area contributed by atoms with Crippen LogP contribution >= 0.6 is 11.3 Å². The van der Waals surface area contributed by atoms with Crippen LogP contribution in [0, 0.1) is 13.8 Å². The van der Waals surface area contributed by atoms with Crippen molar-refractivity contribution >= 4 is 27.5 Å². The van der Waals surface area contributed by atoms with Gasteiger partial charge in [-0.1, -0.05) is 13.3 Å². The second kappa shape index (κ2) is 6.39. The van der Waals surface area contributed by atoms with Gasteiger partial charge in [0.25, 0.3) is 5.56 Å². The summed E-state index contributed by atoms with van der Waals surface area (Å²) in [5.74, 6) is -0.0590. The van der Waals surface area contributed by atoms with Crippen LogP contribution in [0.5, 0.6) is 0 Å². The van der Waals surface area contributed by atoms with Gasteiger partial charge in [0.05, 0.1) is 11.7 Å². The molecule has 0 atom stereocenters. The highest BCUT2D eigenvalue weighted by Gasteiger charge is 2.15. The van der Waals surface area contributed by atoms with Gasteiger partial charge in [-0.3, -0.25) is 14.2 Å². The third-order valence-corrected chi connectivity index (χ3v) is 4.85. The van der Waals surface area contributed by atoms with Crippen LogP contribution in [0.4, 0.5) is 0 Å². The minimum absolute atomic E-state index is 0.0519. The van der Waals surface area contributed by atoms with Crippen molar-refractivity contribution in [1.82, 2.24) is 14.5 Å². The summed E-state index contributed by atoms with van der Waals surface area (Å²) in [6.07, 6.45) is 3.49. The number of hydrogen-bond donors (Lipinski definition) is 0. The van der Waals surface area contributed by atoms with E-state index in [4.69, 9.17) is 0 Å². The van der Waals surface area contributed by atoms with Crippen LogP contribution in [0.15, 0.2) is 11.1 Å². The molecule has 1 amide bonds. The van der Waals surface area contributed by atoms with Gasteiger partial charge in [-0.05, 0) is 25.8 Å². The lowest BCUT2D eigenvalue weighted by molar-refractivity contribution is -0.130. The second-order valence-corrected chi connectivity index (χ2v) is 6.51. The molecule has 0 bridgehead atoms. The molecule has 0 saturated heterocycles. The van der Waals surface area contributed by atoms with Crippen molar-refractivity contribution in [3.05, 3.63) is 27.1 Å².